The standard InChI is InChI=1S/C10H10F3O2/c1-3-14-8-5-4-7(2)6-9(8)15-10(11,12)13/h4-6H,2-3H2,1H3. The van der Waals surface area contributed by atoms with Gasteiger partial charge in [-0.2, -0.15) is 0 Å². The Morgan fingerprint density at radius 3 is 2.47 bits per heavy atom. The van der Waals surface area contributed by atoms with Crippen LogP contribution in [0.1, 0.15) is 12.5 Å². The average molecular weight is 219 g/mol. The molecule has 0 aliphatic carbocycles. The lowest BCUT2D eigenvalue weighted by molar-refractivity contribution is -0.275. The minimum atomic E-state index is -4.72. The molecule has 0 saturated carbocycles. The predicted octanol–water partition coefficient (Wildman–Crippen LogP) is 3.17. The lowest BCUT2D eigenvalue weighted by Gasteiger charge is -2.13. The lowest BCUT2D eigenvalue weighted by atomic mass is 10.2. The Hall–Kier alpha value is -1.39. The molecule has 2 nitrogen and oxygen atoms in total. The van der Waals surface area contributed by atoms with Crippen molar-refractivity contribution < 1.29 is 22.6 Å². The van der Waals surface area contributed by atoms with Crippen LogP contribution in [-0.2, 0) is 0 Å². The van der Waals surface area contributed by atoms with Crippen molar-refractivity contribution in [3.05, 3.63) is 30.7 Å². The summed E-state index contributed by atoms with van der Waals surface area (Å²) in [5.74, 6) is -0.306. The Morgan fingerprint density at radius 1 is 1.27 bits per heavy atom. The summed E-state index contributed by atoms with van der Waals surface area (Å²) in [6, 6.07) is 4.12. The summed E-state index contributed by atoms with van der Waals surface area (Å²) in [5, 5.41) is 0. The normalized spacial score (nSPS) is 11.3. The minimum absolute atomic E-state index is 0.0576. The van der Waals surface area contributed by atoms with Gasteiger partial charge < -0.3 is 9.47 Å². The molecule has 0 N–H and O–H groups in total. The maximum Gasteiger partial charge on any atom is 0.573 e. The van der Waals surface area contributed by atoms with Crippen LogP contribution >= 0.6 is 0 Å². The molecule has 83 valence electrons. The minimum Gasteiger partial charge on any atom is -0.490 e. The van der Waals surface area contributed by atoms with Crippen molar-refractivity contribution in [3.8, 4) is 11.5 Å². The first-order valence-corrected chi connectivity index (χ1v) is 4.27. The number of rotatable bonds is 3. The van der Waals surface area contributed by atoms with E-state index in [1.807, 2.05) is 0 Å². The highest BCUT2D eigenvalue weighted by molar-refractivity contribution is 5.43. The van der Waals surface area contributed by atoms with Gasteiger partial charge in [0.25, 0.3) is 0 Å². The van der Waals surface area contributed by atoms with E-state index in [-0.39, 0.29) is 18.1 Å². The molecule has 5 heteroatoms. The second kappa shape index (κ2) is 4.42. The molecule has 15 heavy (non-hydrogen) atoms. The highest BCUT2D eigenvalue weighted by atomic mass is 19.4. The van der Waals surface area contributed by atoms with Crippen molar-refractivity contribution in [2.45, 2.75) is 13.3 Å². The van der Waals surface area contributed by atoms with Crippen LogP contribution in [0, 0.1) is 6.92 Å². The van der Waals surface area contributed by atoms with Crippen LogP contribution in [0.5, 0.6) is 11.5 Å². The van der Waals surface area contributed by atoms with E-state index in [0.717, 1.165) is 0 Å². The molecule has 0 bridgehead atoms. The average Bonchev–Trinajstić information content (AvgIpc) is 2.07. The quantitative estimate of drug-likeness (QED) is 0.777. The smallest absolute Gasteiger partial charge is 0.490 e. The summed E-state index contributed by atoms with van der Waals surface area (Å²) in [7, 11) is 0. The van der Waals surface area contributed by atoms with Crippen LogP contribution in [-0.4, -0.2) is 13.0 Å². The van der Waals surface area contributed by atoms with E-state index < -0.39 is 6.36 Å². The number of benzene rings is 1. The molecular formula is C10H10F3O2. The monoisotopic (exact) mass is 219 g/mol. The maximum atomic E-state index is 12.0. The fourth-order valence-corrected chi connectivity index (χ4v) is 1.03. The molecule has 0 unspecified atom stereocenters. The lowest BCUT2D eigenvalue weighted by Crippen LogP contribution is -2.17. The largest absolute Gasteiger partial charge is 0.573 e. The molecule has 0 amide bonds. The fourth-order valence-electron chi connectivity index (χ4n) is 1.03. The Morgan fingerprint density at radius 2 is 1.93 bits per heavy atom. The number of hydrogen-bond donors (Lipinski definition) is 0. The number of halogens is 3. The van der Waals surface area contributed by atoms with E-state index >= 15 is 0 Å². The van der Waals surface area contributed by atoms with Gasteiger partial charge in [0.1, 0.15) is 0 Å². The third kappa shape index (κ3) is 3.69. The zero-order chi connectivity index (χ0) is 11.5. The second-order valence-electron chi connectivity index (χ2n) is 2.76. The molecular weight excluding hydrogens is 209 g/mol. The Bertz CT molecular complexity index is 334. The zero-order valence-electron chi connectivity index (χ0n) is 8.10. The van der Waals surface area contributed by atoms with E-state index in [4.69, 9.17) is 4.74 Å². The molecule has 0 aromatic heterocycles. The summed E-state index contributed by atoms with van der Waals surface area (Å²) in [4.78, 5) is 0. The van der Waals surface area contributed by atoms with Crippen LogP contribution in [0.25, 0.3) is 0 Å². The zero-order valence-corrected chi connectivity index (χ0v) is 8.10. The van der Waals surface area contributed by atoms with Crippen LogP contribution in [0.4, 0.5) is 13.2 Å². The predicted molar refractivity (Wildman–Crippen MR) is 48.8 cm³/mol. The van der Waals surface area contributed by atoms with Crippen molar-refractivity contribution in [2.24, 2.45) is 0 Å². The molecule has 0 heterocycles. The number of hydrogen-bond acceptors (Lipinski definition) is 2. The van der Waals surface area contributed by atoms with Gasteiger partial charge in [0.05, 0.1) is 6.61 Å². The summed E-state index contributed by atoms with van der Waals surface area (Å²) in [5.41, 5.74) is 0.428. The van der Waals surface area contributed by atoms with Gasteiger partial charge in [0.2, 0.25) is 0 Å². The molecule has 0 fully saturated rings. The van der Waals surface area contributed by atoms with Gasteiger partial charge >= 0.3 is 6.36 Å². The fraction of sp³-hybridized carbons (Fsp3) is 0.300. The van der Waals surface area contributed by atoms with Crippen LogP contribution < -0.4 is 9.47 Å². The summed E-state index contributed by atoms with van der Waals surface area (Å²) in [6.07, 6.45) is -4.72. The number of ether oxygens (including phenoxy) is 2. The van der Waals surface area contributed by atoms with E-state index in [2.05, 4.69) is 11.7 Å². The molecule has 1 rings (SSSR count). The van der Waals surface area contributed by atoms with E-state index in [0.29, 0.717) is 5.56 Å². The Kier molecular flexibility index (Phi) is 3.44. The van der Waals surface area contributed by atoms with E-state index in [1.165, 1.54) is 12.1 Å². The highest BCUT2D eigenvalue weighted by Crippen LogP contribution is 2.32. The summed E-state index contributed by atoms with van der Waals surface area (Å²) >= 11 is 0. The molecule has 0 aliphatic rings. The van der Waals surface area contributed by atoms with Crippen molar-refractivity contribution in [3.63, 3.8) is 0 Å². The summed E-state index contributed by atoms with van der Waals surface area (Å²) < 4.78 is 44.8. The first-order chi connectivity index (χ1) is 6.92. The van der Waals surface area contributed by atoms with E-state index in [1.54, 1.807) is 13.0 Å². The molecule has 0 spiro atoms. The van der Waals surface area contributed by atoms with E-state index in [9.17, 15) is 13.2 Å². The van der Waals surface area contributed by atoms with Crippen LogP contribution in [0.15, 0.2) is 18.2 Å². The SMILES string of the molecule is [CH2]c1ccc(OCC)c(OC(F)(F)F)c1. The molecule has 0 atom stereocenters. The van der Waals surface area contributed by atoms with Crippen molar-refractivity contribution in [1.82, 2.24) is 0 Å². The summed E-state index contributed by atoms with van der Waals surface area (Å²) in [6.45, 7) is 5.45. The van der Waals surface area contributed by atoms with Crippen molar-refractivity contribution in [2.75, 3.05) is 6.61 Å². The van der Waals surface area contributed by atoms with Gasteiger partial charge in [-0.25, -0.2) is 0 Å². The van der Waals surface area contributed by atoms with Crippen molar-refractivity contribution >= 4 is 0 Å². The van der Waals surface area contributed by atoms with Crippen molar-refractivity contribution in [1.29, 1.82) is 0 Å². The van der Waals surface area contributed by atoms with Gasteiger partial charge in [-0.1, -0.05) is 6.07 Å². The first kappa shape index (κ1) is 11.7. The van der Waals surface area contributed by atoms with Gasteiger partial charge in [-0.05, 0) is 31.5 Å². The molecule has 0 saturated heterocycles. The third-order valence-electron chi connectivity index (χ3n) is 1.53. The van der Waals surface area contributed by atoms with Gasteiger partial charge in [0.15, 0.2) is 11.5 Å². The third-order valence-corrected chi connectivity index (χ3v) is 1.53. The second-order valence-corrected chi connectivity index (χ2v) is 2.76. The van der Waals surface area contributed by atoms with Gasteiger partial charge in [-0.15, -0.1) is 13.2 Å². The molecule has 0 aliphatic heterocycles. The number of alkyl halides is 3. The first-order valence-electron chi connectivity index (χ1n) is 4.27. The topological polar surface area (TPSA) is 18.5 Å². The molecule has 1 aromatic carbocycles. The molecule has 1 radical (unpaired) electrons. The highest BCUT2D eigenvalue weighted by Gasteiger charge is 2.32. The molecule has 1 aromatic rings. The Balaban J connectivity index is 2.96. The maximum absolute atomic E-state index is 12.0. The van der Waals surface area contributed by atoms with Gasteiger partial charge in [0, 0.05) is 0 Å². The Labute approximate surface area is 85.6 Å². The van der Waals surface area contributed by atoms with Crippen LogP contribution in [0.3, 0.4) is 0 Å². The van der Waals surface area contributed by atoms with Crippen LogP contribution in [0.2, 0.25) is 0 Å². The van der Waals surface area contributed by atoms with Gasteiger partial charge in [-0.3, -0.25) is 0 Å².